The number of carbonyl (C=O) groups is 2. The highest BCUT2D eigenvalue weighted by Gasteiger charge is 2.18. The van der Waals surface area contributed by atoms with E-state index in [2.05, 4.69) is 27.6 Å². The molecule has 4 N–H and O–H groups in total. The molecule has 1 aromatic carbocycles. The van der Waals surface area contributed by atoms with E-state index in [4.69, 9.17) is 5.73 Å². The molecule has 0 aliphatic heterocycles. The van der Waals surface area contributed by atoms with Gasteiger partial charge in [0.2, 0.25) is 11.0 Å². The van der Waals surface area contributed by atoms with Gasteiger partial charge in [-0.25, -0.2) is 4.79 Å². The molecule has 7 nitrogen and oxygen atoms in total. The minimum atomic E-state index is -0.858. The van der Waals surface area contributed by atoms with E-state index in [1.807, 2.05) is 23.5 Å². The number of thioether (sulfide) groups is 1. The van der Waals surface area contributed by atoms with Gasteiger partial charge in [-0.1, -0.05) is 53.4 Å². The standard InChI is InChI=1S/C14H17N5O2S2/c1-9(11(20)17-12(15)21)22-14-19-18-13(23-14)16-8-7-10-5-3-2-4-6-10/h2-6,9H,7-8H2,1H3,(H,16,18)(H3,15,17,20,21)/t9-/m0/s1. The molecule has 0 radical (unpaired) electrons. The number of primary amides is 1. The van der Waals surface area contributed by atoms with Gasteiger partial charge in [0.1, 0.15) is 0 Å². The molecule has 0 bridgehead atoms. The number of rotatable bonds is 7. The van der Waals surface area contributed by atoms with Crippen molar-refractivity contribution in [2.24, 2.45) is 5.73 Å². The number of hydrogen-bond donors (Lipinski definition) is 3. The van der Waals surface area contributed by atoms with Crippen LogP contribution in [0.1, 0.15) is 12.5 Å². The summed E-state index contributed by atoms with van der Waals surface area (Å²) in [4.78, 5) is 22.3. The van der Waals surface area contributed by atoms with Crippen LogP contribution in [0.2, 0.25) is 0 Å². The predicted octanol–water partition coefficient (Wildman–Crippen LogP) is 1.87. The third kappa shape index (κ3) is 5.87. The van der Waals surface area contributed by atoms with Crippen molar-refractivity contribution in [1.29, 1.82) is 0 Å². The van der Waals surface area contributed by atoms with E-state index in [0.29, 0.717) is 9.47 Å². The Hall–Kier alpha value is -2.13. The van der Waals surface area contributed by atoms with Gasteiger partial charge in [0.05, 0.1) is 5.25 Å². The minimum Gasteiger partial charge on any atom is -0.360 e. The number of amides is 3. The second kappa shape index (κ2) is 8.49. The van der Waals surface area contributed by atoms with Crippen molar-refractivity contribution in [3.8, 4) is 0 Å². The number of benzene rings is 1. The Morgan fingerprint density at radius 2 is 2.04 bits per heavy atom. The first-order valence-electron chi connectivity index (χ1n) is 6.93. The van der Waals surface area contributed by atoms with Crippen LogP contribution in [0.4, 0.5) is 9.93 Å². The molecule has 1 atom stereocenters. The van der Waals surface area contributed by atoms with Gasteiger partial charge in [-0.3, -0.25) is 10.1 Å². The Labute approximate surface area is 142 Å². The van der Waals surface area contributed by atoms with Gasteiger partial charge in [-0.2, -0.15) is 0 Å². The van der Waals surface area contributed by atoms with Gasteiger partial charge >= 0.3 is 6.03 Å². The molecule has 122 valence electrons. The maximum absolute atomic E-state index is 11.6. The van der Waals surface area contributed by atoms with Crippen molar-refractivity contribution in [3.63, 3.8) is 0 Å². The number of nitrogens with one attached hydrogen (secondary N) is 2. The molecule has 0 aliphatic carbocycles. The van der Waals surface area contributed by atoms with Crippen molar-refractivity contribution in [3.05, 3.63) is 35.9 Å². The Morgan fingerprint density at radius 1 is 1.30 bits per heavy atom. The van der Waals surface area contributed by atoms with Crippen LogP contribution in [0, 0.1) is 0 Å². The average Bonchev–Trinajstić information content (AvgIpc) is 2.95. The summed E-state index contributed by atoms with van der Waals surface area (Å²) in [6.07, 6.45) is 0.889. The van der Waals surface area contributed by atoms with E-state index in [1.165, 1.54) is 28.7 Å². The number of carbonyl (C=O) groups excluding carboxylic acids is 2. The lowest BCUT2D eigenvalue weighted by atomic mass is 10.2. The maximum atomic E-state index is 11.6. The summed E-state index contributed by atoms with van der Waals surface area (Å²) in [5, 5.41) is 13.5. The van der Waals surface area contributed by atoms with Gasteiger partial charge < -0.3 is 11.1 Å². The van der Waals surface area contributed by atoms with E-state index < -0.39 is 17.2 Å². The summed E-state index contributed by atoms with van der Waals surface area (Å²) in [6.45, 7) is 2.42. The van der Waals surface area contributed by atoms with Crippen LogP contribution in [0.5, 0.6) is 0 Å². The number of hydrogen-bond acceptors (Lipinski definition) is 7. The summed E-state index contributed by atoms with van der Waals surface area (Å²) in [7, 11) is 0. The first kappa shape index (κ1) is 17.2. The largest absolute Gasteiger partial charge is 0.360 e. The van der Waals surface area contributed by atoms with E-state index in [9.17, 15) is 9.59 Å². The number of urea groups is 1. The van der Waals surface area contributed by atoms with E-state index in [1.54, 1.807) is 6.92 Å². The average molecular weight is 351 g/mol. The van der Waals surface area contributed by atoms with Crippen molar-refractivity contribution in [2.75, 3.05) is 11.9 Å². The first-order valence-corrected chi connectivity index (χ1v) is 8.62. The molecule has 2 rings (SSSR count). The van der Waals surface area contributed by atoms with E-state index >= 15 is 0 Å². The molecule has 0 fully saturated rings. The molecule has 23 heavy (non-hydrogen) atoms. The van der Waals surface area contributed by atoms with Gasteiger partial charge in [-0.05, 0) is 18.9 Å². The van der Waals surface area contributed by atoms with Crippen LogP contribution in [0.15, 0.2) is 34.7 Å². The molecule has 2 aromatic rings. The highest BCUT2D eigenvalue weighted by Crippen LogP contribution is 2.28. The van der Waals surface area contributed by atoms with Crippen molar-refractivity contribution in [2.45, 2.75) is 22.9 Å². The topological polar surface area (TPSA) is 110 Å². The zero-order valence-electron chi connectivity index (χ0n) is 12.5. The molecule has 3 amide bonds. The Kier molecular flexibility index (Phi) is 6.36. The van der Waals surface area contributed by atoms with Crippen LogP contribution in [0.25, 0.3) is 0 Å². The van der Waals surface area contributed by atoms with Crippen molar-refractivity contribution < 1.29 is 9.59 Å². The smallest absolute Gasteiger partial charge is 0.318 e. The molecule has 9 heteroatoms. The van der Waals surface area contributed by atoms with Crippen LogP contribution < -0.4 is 16.4 Å². The number of anilines is 1. The third-order valence-corrected chi connectivity index (χ3v) is 4.90. The fraction of sp³-hybridized carbons (Fsp3) is 0.286. The molecule has 1 aromatic heterocycles. The number of imide groups is 1. The molecule has 1 heterocycles. The molecule has 0 saturated carbocycles. The monoisotopic (exact) mass is 351 g/mol. The second-order valence-corrected chi connectivity index (χ2v) is 7.21. The zero-order valence-corrected chi connectivity index (χ0v) is 14.1. The summed E-state index contributed by atoms with van der Waals surface area (Å²) in [6, 6.07) is 9.29. The van der Waals surface area contributed by atoms with Crippen LogP contribution in [-0.2, 0) is 11.2 Å². The third-order valence-electron chi connectivity index (χ3n) is 2.83. The van der Waals surface area contributed by atoms with Gasteiger partial charge in [0.15, 0.2) is 4.34 Å². The zero-order chi connectivity index (χ0) is 16.7. The minimum absolute atomic E-state index is 0.448. The van der Waals surface area contributed by atoms with Gasteiger partial charge in [-0.15, -0.1) is 10.2 Å². The molecule has 0 spiro atoms. The molecule has 0 unspecified atom stereocenters. The second-order valence-electron chi connectivity index (χ2n) is 4.65. The lowest BCUT2D eigenvalue weighted by Gasteiger charge is -2.06. The summed E-state index contributed by atoms with van der Waals surface area (Å²) < 4.78 is 0.652. The molecular weight excluding hydrogens is 334 g/mol. The number of nitrogens with zero attached hydrogens (tertiary/aromatic N) is 2. The van der Waals surface area contributed by atoms with Crippen LogP contribution in [0.3, 0.4) is 0 Å². The van der Waals surface area contributed by atoms with Crippen LogP contribution in [-0.4, -0.2) is 33.9 Å². The van der Waals surface area contributed by atoms with E-state index in [-0.39, 0.29) is 0 Å². The normalized spacial score (nSPS) is 11.7. The Morgan fingerprint density at radius 3 is 2.74 bits per heavy atom. The number of aromatic nitrogens is 2. The molecule has 0 saturated heterocycles. The van der Waals surface area contributed by atoms with E-state index in [0.717, 1.165) is 13.0 Å². The fourth-order valence-corrected chi connectivity index (χ4v) is 3.64. The van der Waals surface area contributed by atoms with Crippen LogP contribution >= 0.6 is 23.1 Å². The maximum Gasteiger partial charge on any atom is 0.318 e. The van der Waals surface area contributed by atoms with Crippen molar-refractivity contribution in [1.82, 2.24) is 15.5 Å². The lowest BCUT2D eigenvalue weighted by Crippen LogP contribution is -2.39. The van der Waals surface area contributed by atoms with Gasteiger partial charge in [0.25, 0.3) is 0 Å². The lowest BCUT2D eigenvalue weighted by molar-refractivity contribution is -0.119. The molecule has 0 aliphatic rings. The number of nitrogens with two attached hydrogens (primary N) is 1. The summed E-state index contributed by atoms with van der Waals surface area (Å²) in [5.74, 6) is -0.448. The SMILES string of the molecule is C[C@H](Sc1nnc(NCCc2ccccc2)s1)C(=O)NC(N)=O. The highest BCUT2D eigenvalue weighted by molar-refractivity contribution is 8.02. The first-order chi connectivity index (χ1) is 11.0. The summed E-state index contributed by atoms with van der Waals surface area (Å²) >= 11 is 2.60. The predicted molar refractivity (Wildman–Crippen MR) is 91.6 cm³/mol. The highest BCUT2D eigenvalue weighted by atomic mass is 32.2. The molecular formula is C14H17N5O2S2. The summed E-state index contributed by atoms with van der Waals surface area (Å²) in [5.41, 5.74) is 6.16. The quantitative estimate of drug-likeness (QED) is 0.657. The fourth-order valence-electron chi connectivity index (χ4n) is 1.72. The van der Waals surface area contributed by atoms with Gasteiger partial charge in [0, 0.05) is 6.54 Å². The Balaban J connectivity index is 1.79. The Bertz CT molecular complexity index is 662. The van der Waals surface area contributed by atoms with Crippen molar-refractivity contribution >= 4 is 40.2 Å².